The second-order valence-electron chi connectivity index (χ2n) is 7.83. The Bertz CT molecular complexity index is 378. The van der Waals surface area contributed by atoms with Gasteiger partial charge in [-0.2, -0.15) is 0 Å². The number of aliphatic hydroxyl groups is 1. The zero-order chi connectivity index (χ0) is 18.2. The Balaban J connectivity index is 1.83. The minimum atomic E-state index is -0.435. The third-order valence-electron chi connectivity index (χ3n) is 4.99. The van der Waals surface area contributed by atoms with Crippen LogP contribution in [0.3, 0.4) is 0 Å². The maximum atomic E-state index is 9.24. The number of aliphatic hydroxyl groups excluding tert-OH is 1. The summed E-state index contributed by atoms with van der Waals surface area (Å²) < 4.78 is 5.48. The van der Waals surface area contributed by atoms with Crippen molar-refractivity contribution in [1.29, 1.82) is 0 Å². The van der Waals surface area contributed by atoms with Gasteiger partial charge in [0.15, 0.2) is 0 Å². The number of unbranched alkanes of at least 4 members (excludes halogenated alkanes) is 13. The highest BCUT2D eigenvalue weighted by Gasteiger charge is 2.29. The second kappa shape index (κ2) is 14.4. The van der Waals surface area contributed by atoms with Crippen LogP contribution in [0.2, 0.25) is 0 Å². The van der Waals surface area contributed by atoms with E-state index in [0.29, 0.717) is 12.5 Å². The van der Waals surface area contributed by atoms with Crippen LogP contribution in [0.1, 0.15) is 104 Å². The molecule has 1 N–H and O–H groups in total. The normalized spacial score (nSPS) is 20.2. The molecule has 3 nitrogen and oxygen atoms in total. The molecule has 0 aromatic carbocycles. The number of hydrogen-bond donors (Lipinski definition) is 1. The van der Waals surface area contributed by atoms with Crippen molar-refractivity contribution in [3.8, 4) is 0 Å². The summed E-state index contributed by atoms with van der Waals surface area (Å²) in [5.41, 5.74) is -0.435. The van der Waals surface area contributed by atoms with E-state index in [1.165, 1.54) is 83.5 Å². The van der Waals surface area contributed by atoms with E-state index in [9.17, 15) is 5.11 Å². The quantitative estimate of drug-likeness (QED) is 0.336. The monoisotopic (exact) mass is 351 g/mol. The predicted molar refractivity (Wildman–Crippen MR) is 108 cm³/mol. The van der Waals surface area contributed by atoms with Crippen molar-refractivity contribution in [2.75, 3.05) is 13.2 Å². The molecular weight excluding hydrogens is 310 g/mol. The van der Waals surface area contributed by atoms with Gasteiger partial charge in [0.1, 0.15) is 12.1 Å². The zero-order valence-electron chi connectivity index (χ0n) is 16.8. The van der Waals surface area contributed by atoms with Gasteiger partial charge in [-0.3, -0.25) is 0 Å². The Labute approximate surface area is 156 Å². The molecular formula is C22H41NO2. The largest absolute Gasteiger partial charge is 0.475 e. The summed E-state index contributed by atoms with van der Waals surface area (Å²) in [6, 6.07) is 0. The molecule has 1 heterocycles. The van der Waals surface area contributed by atoms with E-state index in [-0.39, 0.29) is 6.61 Å². The van der Waals surface area contributed by atoms with Crippen molar-refractivity contribution in [2.24, 2.45) is 4.99 Å². The van der Waals surface area contributed by atoms with Gasteiger partial charge in [-0.1, -0.05) is 90.0 Å². The molecule has 0 aliphatic carbocycles. The van der Waals surface area contributed by atoms with Crippen LogP contribution in [0, 0.1) is 0 Å². The van der Waals surface area contributed by atoms with E-state index in [0.717, 1.165) is 6.42 Å². The summed E-state index contributed by atoms with van der Waals surface area (Å²) >= 11 is 0. The lowest BCUT2D eigenvalue weighted by atomic mass is 10.0. The van der Waals surface area contributed by atoms with Gasteiger partial charge in [0.2, 0.25) is 5.90 Å². The Morgan fingerprint density at radius 3 is 1.92 bits per heavy atom. The minimum absolute atomic E-state index is 0.0448. The molecule has 1 rings (SSSR count). The van der Waals surface area contributed by atoms with Crippen LogP contribution < -0.4 is 0 Å². The van der Waals surface area contributed by atoms with Gasteiger partial charge in [-0.25, -0.2) is 4.99 Å². The summed E-state index contributed by atoms with van der Waals surface area (Å²) in [4.78, 5) is 4.40. The predicted octanol–water partition coefficient (Wildman–Crippen LogP) is 6.20. The zero-order valence-corrected chi connectivity index (χ0v) is 16.8. The molecule has 0 bridgehead atoms. The molecule has 1 unspecified atom stereocenters. The smallest absolute Gasteiger partial charge is 0.209 e. The van der Waals surface area contributed by atoms with Crippen LogP contribution in [0.25, 0.3) is 0 Å². The third kappa shape index (κ3) is 11.4. The Morgan fingerprint density at radius 2 is 1.44 bits per heavy atom. The molecule has 3 heteroatoms. The maximum absolute atomic E-state index is 9.24. The molecule has 1 aliphatic rings. The van der Waals surface area contributed by atoms with Crippen LogP contribution in [0.15, 0.2) is 17.1 Å². The number of allylic oxidation sites excluding steroid dienone is 1. The Hall–Kier alpha value is -0.830. The van der Waals surface area contributed by atoms with Gasteiger partial charge in [-0.05, 0) is 25.8 Å². The van der Waals surface area contributed by atoms with E-state index in [1.54, 1.807) is 0 Å². The van der Waals surface area contributed by atoms with E-state index < -0.39 is 5.54 Å². The first-order chi connectivity index (χ1) is 12.2. The highest BCUT2D eigenvalue weighted by molar-refractivity contribution is 5.89. The fraction of sp³-hybridized carbons (Fsp3) is 0.864. The molecule has 0 aromatic rings. The molecule has 0 spiro atoms. The lowest BCUT2D eigenvalue weighted by molar-refractivity contribution is 0.170. The summed E-state index contributed by atoms with van der Waals surface area (Å²) in [5.74, 6) is 0.672. The summed E-state index contributed by atoms with van der Waals surface area (Å²) in [6.45, 7) is 4.73. The summed E-state index contributed by atoms with van der Waals surface area (Å²) in [5, 5.41) is 9.24. The number of nitrogens with zero attached hydrogens (tertiary/aromatic N) is 1. The topological polar surface area (TPSA) is 41.8 Å². The van der Waals surface area contributed by atoms with E-state index in [1.807, 2.05) is 13.0 Å². The van der Waals surface area contributed by atoms with E-state index in [2.05, 4.69) is 18.0 Å². The molecule has 0 saturated heterocycles. The number of hydrogen-bond acceptors (Lipinski definition) is 3. The van der Waals surface area contributed by atoms with Crippen LogP contribution >= 0.6 is 0 Å². The Kier molecular flexibility index (Phi) is 12.8. The number of ether oxygens (including phenoxy) is 1. The van der Waals surface area contributed by atoms with Crippen molar-refractivity contribution in [3.05, 3.63) is 12.2 Å². The van der Waals surface area contributed by atoms with Gasteiger partial charge in [-0.15, -0.1) is 0 Å². The second-order valence-corrected chi connectivity index (χ2v) is 7.83. The first-order valence-electron chi connectivity index (χ1n) is 10.7. The lowest BCUT2D eigenvalue weighted by Crippen LogP contribution is -2.28. The first-order valence-corrected chi connectivity index (χ1v) is 10.7. The highest BCUT2D eigenvalue weighted by Crippen LogP contribution is 2.18. The van der Waals surface area contributed by atoms with Gasteiger partial charge < -0.3 is 9.84 Å². The summed E-state index contributed by atoms with van der Waals surface area (Å²) in [6.07, 6.45) is 23.3. The van der Waals surface area contributed by atoms with Crippen LogP contribution in [0.5, 0.6) is 0 Å². The van der Waals surface area contributed by atoms with Crippen molar-refractivity contribution in [3.63, 3.8) is 0 Å². The van der Waals surface area contributed by atoms with E-state index in [4.69, 9.17) is 4.74 Å². The molecule has 0 amide bonds. The van der Waals surface area contributed by atoms with E-state index >= 15 is 0 Å². The SMILES string of the molecule is CCCCCCCCCCCCCCCC=CC1=NC(C)(CO)CO1. The van der Waals surface area contributed by atoms with Crippen LogP contribution in [-0.2, 0) is 4.74 Å². The standard InChI is InChI=1S/C22H41NO2/c1-3-4-5-6-7-8-9-10-11-12-13-14-15-16-17-18-21-23-22(2,19-24)20-25-21/h17-18,24H,3-16,19-20H2,1-2H3. The molecule has 0 radical (unpaired) electrons. The molecule has 146 valence electrons. The van der Waals surface area contributed by atoms with Crippen LogP contribution in [0.4, 0.5) is 0 Å². The van der Waals surface area contributed by atoms with Gasteiger partial charge >= 0.3 is 0 Å². The lowest BCUT2D eigenvalue weighted by Gasteiger charge is -2.12. The van der Waals surface area contributed by atoms with Crippen molar-refractivity contribution < 1.29 is 9.84 Å². The molecule has 1 aliphatic heterocycles. The fourth-order valence-electron chi connectivity index (χ4n) is 3.19. The summed E-state index contributed by atoms with van der Waals surface area (Å²) in [7, 11) is 0. The fourth-order valence-corrected chi connectivity index (χ4v) is 3.19. The maximum Gasteiger partial charge on any atom is 0.209 e. The molecule has 1 atom stereocenters. The number of aliphatic imine (C=N–C) groups is 1. The molecule has 25 heavy (non-hydrogen) atoms. The number of rotatable bonds is 16. The Morgan fingerprint density at radius 1 is 0.920 bits per heavy atom. The molecule has 0 aromatic heterocycles. The van der Waals surface area contributed by atoms with Gasteiger partial charge in [0.05, 0.1) is 6.61 Å². The van der Waals surface area contributed by atoms with Crippen molar-refractivity contribution in [1.82, 2.24) is 0 Å². The average molecular weight is 352 g/mol. The van der Waals surface area contributed by atoms with Crippen molar-refractivity contribution >= 4 is 5.90 Å². The van der Waals surface area contributed by atoms with Gasteiger partial charge in [0, 0.05) is 0 Å². The van der Waals surface area contributed by atoms with Gasteiger partial charge in [0.25, 0.3) is 0 Å². The minimum Gasteiger partial charge on any atom is -0.475 e. The van der Waals surface area contributed by atoms with Crippen LogP contribution in [-0.4, -0.2) is 29.8 Å². The highest BCUT2D eigenvalue weighted by atomic mass is 16.5. The molecule has 0 fully saturated rings. The molecule has 0 saturated carbocycles. The third-order valence-corrected chi connectivity index (χ3v) is 4.99. The first kappa shape index (κ1) is 22.2. The average Bonchev–Trinajstić information content (AvgIpc) is 3.00. The van der Waals surface area contributed by atoms with Crippen molar-refractivity contribution in [2.45, 2.75) is 109 Å².